The van der Waals surface area contributed by atoms with Crippen LogP contribution in [0.1, 0.15) is 25.3 Å². The fourth-order valence-corrected chi connectivity index (χ4v) is 3.57. The molecule has 0 aliphatic heterocycles. The summed E-state index contributed by atoms with van der Waals surface area (Å²) in [6.45, 7) is 4.31. The fraction of sp³-hybridized carbons (Fsp3) is 0.263. The van der Waals surface area contributed by atoms with Crippen molar-refractivity contribution in [2.24, 2.45) is 5.73 Å². The van der Waals surface area contributed by atoms with Crippen molar-refractivity contribution < 1.29 is 9.59 Å². The van der Waals surface area contributed by atoms with E-state index in [0.29, 0.717) is 17.4 Å². The van der Waals surface area contributed by atoms with Crippen LogP contribution in [0.15, 0.2) is 58.3 Å². The maximum atomic E-state index is 12.2. The molecule has 0 aliphatic rings. The second-order valence-electron chi connectivity index (χ2n) is 5.81. The van der Waals surface area contributed by atoms with E-state index in [-0.39, 0.29) is 17.6 Å². The average molecular weight is 375 g/mol. The van der Waals surface area contributed by atoms with Gasteiger partial charge in [0, 0.05) is 9.79 Å². The van der Waals surface area contributed by atoms with E-state index in [0.717, 1.165) is 9.79 Å². The molecule has 0 unspecified atom stereocenters. The summed E-state index contributed by atoms with van der Waals surface area (Å²) in [7, 11) is 0. The van der Waals surface area contributed by atoms with Crippen molar-refractivity contribution in [1.29, 1.82) is 0 Å². The first kappa shape index (κ1) is 19.4. The molecule has 0 fully saturated rings. The molecule has 132 valence electrons. The normalized spacial score (nSPS) is 10.7. The quantitative estimate of drug-likeness (QED) is 0.682. The van der Waals surface area contributed by atoms with Crippen LogP contribution >= 0.6 is 23.5 Å². The predicted octanol–water partition coefficient (Wildman–Crippen LogP) is 4.12. The van der Waals surface area contributed by atoms with Crippen LogP contribution in [0.2, 0.25) is 0 Å². The number of anilines is 1. The summed E-state index contributed by atoms with van der Waals surface area (Å²) >= 11 is 2.82. The van der Waals surface area contributed by atoms with Gasteiger partial charge >= 0.3 is 0 Å². The minimum Gasteiger partial charge on any atom is -0.369 e. The number of para-hydroxylation sites is 1. The minimum absolute atomic E-state index is 0.0786. The molecule has 4 nitrogen and oxygen atoms in total. The van der Waals surface area contributed by atoms with E-state index in [9.17, 15) is 9.59 Å². The van der Waals surface area contributed by atoms with Crippen molar-refractivity contribution >= 4 is 41.0 Å². The number of hydrogen-bond acceptors (Lipinski definition) is 4. The third-order valence-electron chi connectivity index (χ3n) is 3.45. The molecule has 0 bridgehead atoms. The number of carbonyl (C=O) groups is 2. The van der Waals surface area contributed by atoms with Crippen molar-refractivity contribution in [3.63, 3.8) is 0 Å². The Hall–Kier alpha value is -1.92. The Labute approximate surface area is 157 Å². The molecule has 2 aromatic carbocycles. The van der Waals surface area contributed by atoms with Gasteiger partial charge in [-0.25, -0.2) is 0 Å². The highest BCUT2D eigenvalue weighted by atomic mass is 32.2. The van der Waals surface area contributed by atoms with Gasteiger partial charge in [0.15, 0.2) is 0 Å². The highest BCUT2D eigenvalue weighted by molar-refractivity contribution is 8.00. The molecular formula is C19H22N2O2S2. The zero-order valence-electron chi connectivity index (χ0n) is 14.3. The molecule has 0 aliphatic carbocycles. The van der Waals surface area contributed by atoms with E-state index in [4.69, 9.17) is 5.73 Å². The lowest BCUT2D eigenvalue weighted by molar-refractivity contribution is -0.115. The number of rotatable bonds is 8. The van der Waals surface area contributed by atoms with Gasteiger partial charge in [0.05, 0.1) is 17.2 Å². The lowest BCUT2D eigenvalue weighted by Gasteiger charge is -2.10. The first-order valence-corrected chi connectivity index (χ1v) is 9.95. The van der Waals surface area contributed by atoms with Crippen LogP contribution in [0, 0.1) is 0 Å². The average Bonchev–Trinajstić information content (AvgIpc) is 2.59. The van der Waals surface area contributed by atoms with Gasteiger partial charge in [-0.3, -0.25) is 9.59 Å². The predicted molar refractivity (Wildman–Crippen MR) is 106 cm³/mol. The summed E-state index contributed by atoms with van der Waals surface area (Å²) in [5, 5.41) is 2.90. The Morgan fingerprint density at radius 3 is 2.32 bits per heavy atom. The molecule has 0 spiro atoms. The minimum atomic E-state index is -0.383. The number of nitrogens with two attached hydrogens (primary N) is 1. The molecule has 0 radical (unpaired) electrons. The molecule has 0 saturated carbocycles. The Kier molecular flexibility index (Phi) is 7.40. The van der Waals surface area contributed by atoms with Crippen molar-refractivity contribution in [2.45, 2.75) is 29.6 Å². The standard InChI is InChI=1S/C19H22N2O2S2/c1-13(2)14-7-9-15(10-8-14)24-12-19(23)21-16-5-3-4-6-17(16)25-11-18(20)22/h3-10,13H,11-12H2,1-2H3,(H2,20,22)(H,21,23). The molecule has 25 heavy (non-hydrogen) atoms. The van der Waals surface area contributed by atoms with Gasteiger partial charge < -0.3 is 11.1 Å². The molecule has 2 amide bonds. The SMILES string of the molecule is CC(C)c1ccc(SCC(=O)Nc2ccccc2SCC(N)=O)cc1. The van der Waals surface area contributed by atoms with Gasteiger partial charge in [0.25, 0.3) is 0 Å². The van der Waals surface area contributed by atoms with E-state index < -0.39 is 0 Å². The summed E-state index contributed by atoms with van der Waals surface area (Å²) in [4.78, 5) is 25.1. The van der Waals surface area contributed by atoms with Crippen LogP contribution in [-0.2, 0) is 9.59 Å². The number of benzene rings is 2. The highest BCUT2D eigenvalue weighted by Gasteiger charge is 2.09. The molecule has 0 heterocycles. The molecular weight excluding hydrogens is 352 g/mol. The Bertz CT molecular complexity index is 730. The summed E-state index contributed by atoms with van der Waals surface area (Å²) in [5.41, 5.74) is 7.17. The molecule has 0 aromatic heterocycles. The van der Waals surface area contributed by atoms with E-state index in [1.807, 2.05) is 36.4 Å². The van der Waals surface area contributed by atoms with Crippen LogP contribution in [0.5, 0.6) is 0 Å². The van der Waals surface area contributed by atoms with Crippen LogP contribution in [0.3, 0.4) is 0 Å². The zero-order chi connectivity index (χ0) is 18.2. The second-order valence-corrected chi connectivity index (χ2v) is 7.88. The van der Waals surface area contributed by atoms with Gasteiger partial charge in [0.2, 0.25) is 11.8 Å². The lowest BCUT2D eigenvalue weighted by atomic mass is 10.0. The van der Waals surface area contributed by atoms with Gasteiger partial charge in [-0.2, -0.15) is 0 Å². The number of primary amides is 1. The number of amides is 2. The summed E-state index contributed by atoms with van der Waals surface area (Å²) in [5.74, 6) is 0.549. The lowest BCUT2D eigenvalue weighted by Crippen LogP contribution is -2.15. The molecule has 2 rings (SSSR count). The van der Waals surface area contributed by atoms with Crippen LogP contribution < -0.4 is 11.1 Å². The summed E-state index contributed by atoms with van der Waals surface area (Å²) in [6.07, 6.45) is 0. The third-order valence-corrected chi connectivity index (χ3v) is 5.56. The van der Waals surface area contributed by atoms with Crippen molar-refractivity contribution in [1.82, 2.24) is 0 Å². The maximum absolute atomic E-state index is 12.2. The van der Waals surface area contributed by atoms with Gasteiger partial charge in [-0.05, 0) is 35.7 Å². The van der Waals surface area contributed by atoms with Gasteiger partial charge in [0.1, 0.15) is 0 Å². The van der Waals surface area contributed by atoms with Crippen LogP contribution in [0.25, 0.3) is 0 Å². The van der Waals surface area contributed by atoms with Crippen molar-refractivity contribution in [3.8, 4) is 0 Å². The Morgan fingerprint density at radius 1 is 1.00 bits per heavy atom. The number of thioether (sulfide) groups is 2. The van der Waals surface area contributed by atoms with Gasteiger partial charge in [-0.1, -0.05) is 38.1 Å². The van der Waals surface area contributed by atoms with E-state index in [1.165, 1.54) is 29.1 Å². The zero-order valence-corrected chi connectivity index (χ0v) is 16.0. The summed E-state index contributed by atoms with van der Waals surface area (Å²) in [6, 6.07) is 15.7. The maximum Gasteiger partial charge on any atom is 0.234 e. The van der Waals surface area contributed by atoms with Crippen LogP contribution in [-0.4, -0.2) is 23.3 Å². The molecule has 6 heteroatoms. The van der Waals surface area contributed by atoms with Crippen molar-refractivity contribution in [3.05, 3.63) is 54.1 Å². The molecule has 2 aromatic rings. The second kappa shape index (κ2) is 9.53. The number of hydrogen-bond donors (Lipinski definition) is 2. The topological polar surface area (TPSA) is 72.2 Å². The molecule has 0 saturated heterocycles. The first-order chi connectivity index (χ1) is 12.0. The molecule has 3 N–H and O–H groups in total. The Balaban J connectivity index is 1.91. The third kappa shape index (κ3) is 6.48. The Morgan fingerprint density at radius 2 is 1.68 bits per heavy atom. The first-order valence-electron chi connectivity index (χ1n) is 7.98. The molecule has 0 atom stereocenters. The van der Waals surface area contributed by atoms with E-state index in [2.05, 4.69) is 31.3 Å². The van der Waals surface area contributed by atoms with E-state index >= 15 is 0 Å². The number of nitrogens with one attached hydrogen (secondary N) is 1. The monoisotopic (exact) mass is 374 g/mol. The van der Waals surface area contributed by atoms with Crippen molar-refractivity contribution in [2.75, 3.05) is 16.8 Å². The largest absolute Gasteiger partial charge is 0.369 e. The highest BCUT2D eigenvalue weighted by Crippen LogP contribution is 2.27. The summed E-state index contributed by atoms with van der Waals surface area (Å²) < 4.78 is 0. The van der Waals surface area contributed by atoms with Crippen LogP contribution in [0.4, 0.5) is 5.69 Å². The van der Waals surface area contributed by atoms with E-state index in [1.54, 1.807) is 0 Å². The number of carbonyl (C=O) groups excluding carboxylic acids is 2. The fourth-order valence-electron chi connectivity index (χ4n) is 2.13. The van der Waals surface area contributed by atoms with Gasteiger partial charge in [-0.15, -0.1) is 23.5 Å². The smallest absolute Gasteiger partial charge is 0.234 e.